The van der Waals surface area contributed by atoms with Crippen LogP contribution in [0.5, 0.6) is 5.75 Å². The summed E-state index contributed by atoms with van der Waals surface area (Å²) in [7, 11) is 1.56. The lowest BCUT2D eigenvalue weighted by atomic mass is 9.94. The molecule has 0 saturated heterocycles. The number of rotatable bonds is 5. The Morgan fingerprint density at radius 1 is 1.06 bits per heavy atom. The monoisotopic (exact) mass is 476 g/mol. The summed E-state index contributed by atoms with van der Waals surface area (Å²) in [6, 6.07) is 23.9. The number of methoxy groups -OCH3 is 1. The summed E-state index contributed by atoms with van der Waals surface area (Å²) in [4.78, 5) is 18.5. The molecule has 8 heteroatoms. The van der Waals surface area contributed by atoms with Crippen molar-refractivity contribution in [3.63, 3.8) is 0 Å². The third-order valence-electron chi connectivity index (χ3n) is 6.19. The van der Waals surface area contributed by atoms with Gasteiger partial charge in [0.25, 0.3) is 5.91 Å². The van der Waals surface area contributed by atoms with E-state index in [0.717, 1.165) is 16.7 Å². The molecule has 0 fully saturated rings. The van der Waals surface area contributed by atoms with Crippen LogP contribution < -0.4 is 15.4 Å². The number of hydrogen-bond donors (Lipinski definition) is 2. The molecule has 1 aliphatic rings. The van der Waals surface area contributed by atoms with Crippen LogP contribution in [0.25, 0.3) is 11.4 Å². The molecule has 178 valence electrons. The maximum atomic E-state index is 13.7. The van der Waals surface area contributed by atoms with Crippen LogP contribution in [0.3, 0.4) is 0 Å². The number of hydrogen-bond acceptors (Lipinski definition) is 6. The van der Waals surface area contributed by atoms with Crippen molar-refractivity contribution in [1.82, 2.24) is 14.8 Å². The summed E-state index contributed by atoms with van der Waals surface area (Å²) in [6.45, 7) is 3.86. The number of benzene rings is 3. The second-order valence-corrected chi connectivity index (χ2v) is 8.47. The molecule has 0 saturated carbocycles. The lowest BCUT2D eigenvalue weighted by Crippen LogP contribution is -2.31. The van der Waals surface area contributed by atoms with Gasteiger partial charge in [-0.2, -0.15) is 10.2 Å². The Balaban J connectivity index is 1.62. The molecule has 5 rings (SSSR count). The van der Waals surface area contributed by atoms with Gasteiger partial charge in [-0.25, -0.2) is 4.68 Å². The molecule has 1 aromatic heterocycles. The second kappa shape index (κ2) is 9.39. The van der Waals surface area contributed by atoms with E-state index >= 15 is 0 Å². The third kappa shape index (κ3) is 4.07. The van der Waals surface area contributed by atoms with Gasteiger partial charge in [-0.05, 0) is 49.2 Å². The lowest BCUT2D eigenvalue weighted by Gasteiger charge is -2.28. The minimum Gasteiger partial charge on any atom is -0.495 e. The van der Waals surface area contributed by atoms with Crippen LogP contribution in [-0.2, 0) is 4.79 Å². The number of anilines is 2. The first-order chi connectivity index (χ1) is 17.5. The maximum Gasteiger partial charge on any atom is 0.255 e. The van der Waals surface area contributed by atoms with Gasteiger partial charge >= 0.3 is 0 Å². The highest BCUT2D eigenvalue weighted by atomic mass is 16.5. The molecule has 2 N–H and O–H groups in total. The zero-order valence-corrected chi connectivity index (χ0v) is 20.1. The van der Waals surface area contributed by atoms with E-state index in [0.29, 0.717) is 40.0 Å². The molecule has 1 aliphatic heterocycles. The molecule has 2 heterocycles. The predicted molar refractivity (Wildman–Crippen MR) is 137 cm³/mol. The average Bonchev–Trinajstić information content (AvgIpc) is 3.31. The highest BCUT2D eigenvalue weighted by Gasteiger charge is 2.35. The first kappa shape index (κ1) is 22.9. The molecule has 1 atom stereocenters. The Bertz CT molecular complexity index is 1530. The number of carbonyl (C=O) groups excluding carboxylic acids is 1. The van der Waals surface area contributed by atoms with Crippen LogP contribution in [0.15, 0.2) is 84.1 Å². The molecule has 1 unspecified atom stereocenters. The minimum absolute atomic E-state index is 0.294. The molecule has 36 heavy (non-hydrogen) atoms. The van der Waals surface area contributed by atoms with E-state index in [-0.39, 0.29) is 5.91 Å². The Kier molecular flexibility index (Phi) is 5.97. The summed E-state index contributed by atoms with van der Waals surface area (Å²) in [5, 5.41) is 20.4. The fourth-order valence-corrected chi connectivity index (χ4v) is 4.37. The van der Waals surface area contributed by atoms with Crippen LogP contribution in [0.2, 0.25) is 0 Å². The Hall–Kier alpha value is -4.90. The van der Waals surface area contributed by atoms with E-state index in [9.17, 15) is 10.1 Å². The van der Waals surface area contributed by atoms with Crippen molar-refractivity contribution in [1.29, 1.82) is 5.26 Å². The Morgan fingerprint density at radius 2 is 1.78 bits per heavy atom. The molecular formula is C28H24N6O2. The Labute approximate surface area is 208 Å². The summed E-state index contributed by atoms with van der Waals surface area (Å²) >= 11 is 0. The van der Waals surface area contributed by atoms with E-state index in [2.05, 4.69) is 16.7 Å². The fourth-order valence-electron chi connectivity index (χ4n) is 4.37. The molecule has 4 aromatic rings. The number of nitrogens with zero attached hydrogens (tertiary/aromatic N) is 4. The molecule has 3 aromatic carbocycles. The molecule has 0 radical (unpaired) electrons. The van der Waals surface area contributed by atoms with Gasteiger partial charge in [-0.3, -0.25) is 4.79 Å². The van der Waals surface area contributed by atoms with E-state index in [4.69, 9.17) is 14.8 Å². The number of aromatic nitrogens is 3. The topological polar surface area (TPSA) is 105 Å². The zero-order chi connectivity index (χ0) is 25.2. The summed E-state index contributed by atoms with van der Waals surface area (Å²) in [5.41, 5.74) is 5.02. The maximum absolute atomic E-state index is 13.7. The van der Waals surface area contributed by atoms with Crippen LogP contribution in [0, 0.1) is 18.3 Å². The van der Waals surface area contributed by atoms with Gasteiger partial charge in [0.15, 0.2) is 5.82 Å². The fraction of sp³-hybridized carbons (Fsp3) is 0.143. The largest absolute Gasteiger partial charge is 0.495 e. The van der Waals surface area contributed by atoms with Gasteiger partial charge in [-0.1, -0.05) is 48.5 Å². The van der Waals surface area contributed by atoms with E-state index < -0.39 is 6.04 Å². The molecular weight excluding hydrogens is 452 g/mol. The van der Waals surface area contributed by atoms with Gasteiger partial charge in [0.05, 0.1) is 30.0 Å². The first-order valence-corrected chi connectivity index (χ1v) is 11.4. The number of aryl methyl sites for hydroxylation is 1. The van der Waals surface area contributed by atoms with E-state index in [1.807, 2.05) is 62.4 Å². The van der Waals surface area contributed by atoms with Crippen molar-refractivity contribution in [3.05, 3.63) is 101 Å². The predicted octanol–water partition coefficient (Wildman–Crippen LogP) is 5.06. The second-order valence-electron chi connectivity index (χ2n) is 8.47. The van der Waals surface area contributed by atoms with Gasteiger partial charge in [-0.15, -0.1) is 5.10 Å². The molecule has 0 aliphatic carbocycles. The number of nitrogens with one attached hydrogen (secondary N) is 2. The van der Waals surface area contributed by atoms with Gasteiger partial charge in [0.1, 0.15) is 11.8 Å². The molecule has 8 nitrogen and oxygen atoms in total. The summed E-state index contributed by atoms with van der Waals surface area (Å²) in [6.07, 6.45) is 0. The van der Waals surface area contributed by atoms with Crippen LogP contribution in [-0.4, -0.2) is 27.8 Å². The summed E-state index contributed by atoms with van der Waals surface area (Å²) < 4.78 is 7.14. The van der Waals surface area contributed by atoms with Gasteiger partial charge in [0.2, 0.25) is 5.95 Å². The highest BCUT2D eigenvalue weighted by Crippen LogP contribution is 2.37. The smallest absolute Gasteiger partial charge is 0.255 e. The van der Waals surface area contributed by atoms with Gasteiger partial charge < -0.3 is 15.4 Å². The van der Waals surface area contributed by atoms with Crippen molar-refractivity contribution in [3.8, 4) is 23.2 Å². The van der Waals surface area contributed by atoms with Crippen molar-refractivity contribution in [2.75, 3.05) is 17.7 Å². The van der Waals surface area contributed by atoms with Crippen molar-refractivity contribution < 1.29 is 9.53 Å². The number of nitriles is 1. The number of amides is 1. The van der Waals surface area contributed by atoms with Crippen molar-refractivity contribution >= 4 is 17.5 Å². The zero-order valence-electron chi connectivity index (χ0n) is 20.1. The average molecular weight is 477 g/mol. The lowest BCUT2D eigenvalue weighted by molar-refractivity contribution is -0.113. The molecule has 1 amide bonds. The normalized spacial score (nSPS) is 14.4. The number of fused-ring (bicyclic) bond motifs is 1. The Morgan fingerprint density at radius 3 is 2.50 bits per heavy atom. The minimum atomic E-state index is -0.561. The van der Waals surface area contributed by atoms with Crippen molar-refractivity contribution in [2.24, 2.45) is 0 Å². The number of allylic oxidation sites excluding steroid dienone is 1. The first-order valence-electron chi connectivity index (χ1n) is 11.4. The number of ether oxygens (including phenoxy) is 1. The van der Waals surface area contributed by atoms with Crippen LogP contribution in [0.4, 0.5) is 11.6 Å². The number of carbonyl (C=O) groups is 1. The van der Waals surface area contributed by atoms with E-state index in [1.165, 1.54) is 0 Å². The number of para-hydroxylation sites is 2. The molecule has 0 spiro atoms. The summed E-state index contributed by atoms with van der Waals surface area (Å²) in [5.74, 6) is 1.37. The quantitative estimate of drug-likeness (QED) is 0.417. The van der Waals surface area contributed by atoms with Crippen LogP contribution in [0.1, 0.15) is 29.7 Å². The van der Waals surface area contributed by atoms with Crippen LogP contribution >= 0.6 is 0 Å². The standard InChI is InChI=1S/C28H24N6O2/c1-17-8-4-5-9-21(17)26-32-28-30-18(2)24(27(35)31-22-10-6-7-11-23(22)36-3)25(34(28)33-26)20-14-12-19(16-29)13-15-20/h4-15,25H,1-3H3,(H,31,35)(H,30,32,33). The molecule has 0 bridgehead atoms. The van der Waals surface area contributed by atoms with E-state index in [1.54, 1.807) is 36.1 Å². The highest BCUT2D eigenvalue weighted by molar-refractivity contribution is 6.06. The van der Waals surface area contributed by atoms with Crippen molar-refractivity contribution in [2.45, 2.75) is 19.9 Å². The third-order valence-corrected chi connectivity index (χ3v) is 6.19. The SMILES string of the molecule is COc1ccccc1NC(=O)C1=C(C)Nc2nc(-c3ccccc3C)nn2C1c1ccc(C#N)cc1. The van der Waals surface area contributed by atoms with Gasteiger partial charge in [0, 0.05) is 11.3 Å².